The number of Topliss-reactive ketones (excluding diaryl/α,β-unsaturated/α-hetero) is 1. The summed E-state index contributed by atoms with van der Waals surface area (Å²) in [6.07, 6.45) is 12.8. The molecule has 0 bridgehead atoms. The molecule has 1 rings (SSSR count). The normalized spacial score (nSPS) is 27.6. The second kappa shape index (κ2) is 13.2. The number of carbonyl (C=O) groups excluding carboxylic acids is 1. The number of aliphatic hydroxyl groups is 4. The van der Waals surface area contributed by atoms with Crippen molar-refractivity contribution < 1.29 is 25.2 Å². The topological polar surface area (TPSA) is 98.0 Å². The van der Waals surface area contributed by atoms with Crippen LogP contribution in [-0.2, 0) is 4.79 Å². The first-order valence-corrected chi connectivity index (χ1v) is 9.99. The number of unbranched alkanes of at least 4 members (excludes halogenated alkanes) is 3. The highest BCUT2D eigenvalue weighted by molar-refractivity contribution is 5.79. The highest BCUT2D eigenvalue weighted by Gasteiger charge is 2.39. The van der Waals surface area contributed by atoms with Crippen LogP contribution in [0.3, 0.4) is 0 Å². The Morgan fingerprint density at radius 1 is 1.15 bits per heavy atom. The Bertz CT molecular complexity index is 446. The van der Waals surface area contributed by atoms with Gasteiger partial charge in [0.1, 0.15) is 6.61 Å². The average molecular weight is 369 g/mol. The molecule has 1 aliphatic rings. The fourth-order valence-electron chi connectivity index (χ4n) is 3.53. The lowest BCUT2D eigenvalue weighted by Crippen LogP contribution is -2.20. The van der Waals surface area contributed by atoms with Gasteiger partial charge in [-0.1, -0.05) is 50.5 Å². The summed E-state index contributed by atoms with van der Waals surface area (Å²) in [7, 11) is 0. The first-order chi connectivity index (χ1) is 12.5. The van der Waals surface area contributed by atoms with Crippen molar-refractivity contribution in [2.24, 2.45) is 11.8 Å². The van der Waals surface area contributed by atoms with Crippen molar-refractivity contribution in [2.45, 2.75) is 83.0 Å². The number of rotatable bonds is 13. The van der Waals surface area contributed by atoms with Crippen LogP contribution in [0.5, 0.6) is 0 Å². The van der Waals surface area contributed by atoms with E-state index in [1.165, 1.54) is 0 Å². The van der Waals surface area contributed by atoms with E-state index >= 15 is 0 Å². The molecule has 0 spiro atoms. The Morgan fingerprint density at radius 3 is 2.62 bits per heavy atom. The molecule has 5 heteroatoms. The predicted octanol–water partition coefficient (Wildman–Crippen LogP) is 2.52. The fourth-order valence-corrected chi connectivity index (χ4v) is 3.53. The summed E-state index contributed by atoms with van der Waals surface area (Å²) in [5, 5.41) is 39.1. The molecular formula is C21H36O5. The summed E-state index contributed by atoms with van der Waals surface area (Å²) >= 11 is 0. The average Bonchev–Trinajstić information content (AvgIpc) is 2.89. The number of allylic oxidation sites excluding steroid dienone is 2. The molecular weight excluding hydrogens is 332 g/mol. The van der Waals surface area contributed by atoms with Crippen LogP contribution in [0.2, 0.25) is 0 Å². The van der Waals surface area contributed by atoms with Crippen LogP contribution in [0, 0.1) is 11.8 Å². The van der Waals surface area contributed by atoms with Crippen molar-refractivity contribution in [3.05, 3.63) is 24.3 Å². The minimum Gasteiger partial charge on any atom is -0.393 e. The first kappa shape index (κ1) is 23.0. The van der Waals surface area contributed by atoms with E-state index in [2.05, 4.69) is 6.92 Å². The fraction of sp³-hybridized carbons (Fsp3) is 0.762. The summed E-state index contributed by atoms with van der Waals surface area (Å²) in [5.74, 6) is -0.346. The van der Waals surface area contributed by atoms with Crippen LogP contribution in [0.4, 0.5) is 0 Å². The van der Waals surface area contributed by atoms with E-state index in [9.17, 15) is 20.1 Å². The third kappa shape index (κ3) is 8.58. The van der Waals surface area contributed by atoms with Crippen LogP contribution in [0.15, 0.2) is 24.3 Å². The molecule has 0 aliphatic heterocycles. The zero-order valence-corrected chi connectivity index (χ0v) is 16.0. The highest BCUT2D eigenvalue weighted by atomic mass is 16.3. The van der Waals surface area contributed by atoms with Gasteiger partial charge in [-0.3, -0.25) is 4.79 Å². The van der Waals surface area contributed by atoms with Gasteiger partial charge in [0.05, 0.1) is 18.3 Å². The van der Waals surface area contributed by atoms with Gasteiger partial charge in [-0.15, -0.1) is 0 Å². The molecule has 4 N–H and O–H groups in total. The Labute approximate surface area is 157 Å². The van der Waals surface area contributed by atoms with Gasteiger partial charge < -0.3 is 20.4 Å². The van der Waals surface area contributed by atoms with Gasteiger partial charge in [0.2, 0.25) is 0 Å². The molecule has 150 valence electrons. The largest absolute Gasteiger partial charge is 0.393 e. The van der Waals surface area contributed by atoms with E-state index in [1.54, 1.807) is 6.08 Å². The van der Waals surface area contributed by atoms with E-state index in [0.717, 1.165) is 32.1 Å². The number of aliphatic hydroxyl groups excluding tert-OH is 4. The molecule has 1 aliphatic carbocycles. The number of carbonyl (C=O) groups is 1. The minimum absolute atomic E-state index is 0.0561. The smallest absolute Gasteiger partial charge is 0.158 e. The van der Waals surface area contributed by atoms with E-state index in [0.29, 0.717) is 25.7 Å². The zero-order valence-electron chi connectivity index (χ0n) is 16.0. The Hall–Kier alpha value is -1.01. The summed E-state index contributed by atoms with van der Waals surface area (Å²) in [6.45, 7) is 1.73. The van der Waals surface area contributed by atoms with E-state index < -0.39 is 24.9 Å². The molecule has 1 saturated carbocycles. The molecule has 0 amide bonds. The molecule has 0 aromatic carbocycles. The van der Waals surface area contributed by atoms with E-state index in [-0.39, 0.29) is 17.6 Å². The van der Waals surface area contributed by atoms with Gasteiger partial charge in [0.15, 0.2) is 5.78 Å². The van der Waals surface area contributed by atoms with Crippen LogP contribution < -0.4 is 0 Å². The predicted molar refractivity (Wildman–Crippen MR) is 103 cm³/mol. The first-order valence-electron chi connectivity index (χ1n) is 9.99. The van der Waals surface area contributed by atoms with Crippen molar-refractivity contribution in [3.8, 4) is 0 Å². The molecule has 0 aromatic rings. The molecule has 5 unspecified atom stereocenters. The molecule has 5 nitrogen and oxygen atoms in total. The van der Waals surface area contributed by atoms with Gasteiger partial charge in [-0.25, -0.2) is 0 Å². The lowest BCUT2D eigenvalue weighted by atomic mass is 9.89. The maximum absolute atomic E-state index is 11.0. The highest BCUT2D eigenvalue weighted by Crippen LogP contribution is 2.36. The van der Waals surface area contributed by atoms with Gasteiger partial charge in [-0.2, -0.15) is 0 Å². The van der Waals surface area contributed by atoms with Crippen LogP contribution in [-0.4, -0.2) is 51.1 Å². The second-order valence-electron chi connectivity index (χ2n) is 7.36. The molecule has 1 fully saturated rings. The Kier molecular flexibility index (Phi) is 11.7. The molecule has 0 heterocycles. The number of ketones is 1. The minimum atomic E-state index is -0.579. The zero-order chi connectivity index (χ0) is 19.4. The Balaban J connectivity index is 2.44. The lowest BCUT2D eigenvalue weighted by Gasteiger charge is -2.19. The summed E-state index contributed by atoms with van der Waals surface area (Å²) in [6, 6.07) is 0. The van der Waals surface area contributed by atoms with Gasteiger partial charge in [-0.05, 0) is 31.6 Å². The SMILES string of the molecule is CCCCCC(O)/C=C/C1C(O)CC(O)C1C/C=C/CCCC(=O)CO. The third-order valence-electron chi connectivity index (χ3n) is 5.15. The van der Waals surface area contributed by atoms with Crippen LogP contribution >= 0.6 is 0 Å². The van der Waals surface area contributed by atoms with Crippen molar-refractivity contribution >= 4 is 5.78 Å². The van der Waals surface area contributed by atoms with Crippen LogP contribution in [0.25, 0.3) is 0 Å². The van der Waals surface area contributed by atoms with Crippen molar-refractivity contribution in [1.82, 2.24) is 0 Å². The van der Waals surface area contributed by atoms with Crippen molar-refractivity contribution in [2.75, 3.05) is 6.61 Å². The second-order valence-corrected chi connectivity index (χ2v) is 7.36. The molecule has 5 atom stereocenters. The maximum atomic E-state index is 11.0. The standard InChI is InChI=1S/C21H36O5/c1-2-3-6-9-16(23)12-13-19-18(20(25)14-21(19)26)11-8-5-4-7-10-17(24)15-22/h5,8,12-13,16,18-23,25-26H,2-4,6-7,9-11,14-15H2,1H3/b8-5+,13-12+. The quantitative estimate of drug-likeness (QED) is 0.296. The van der Waals surface area contributed by atoms with Gasteiger partial charge in [0, 0.05) is 18.8 Å². The monoisotopic (exact) mass is 368 g/mol. The van der Waals surface area contributed by atoms with E-state index in [4.69, 9.17) is 5.11 Å². The number of hydrogen-bond acceptors (Lipinski definition) is 5. The summed E-state index contributed by atoms with van der Waals surface area (Å²) < 4.78 is 0. The van der Waals surface area contributed by atoms with Gasteiger partial charge in [0.25, 0.3) is 0 Å². The molecule has 0 radical (unpaired) electrons. The third-order valence-corrected chi connectivity index (χ3v) is 5.15. The summed E-state index contributed by atoms with van der Waals surface area (Å²) in [5.41, 5.74) is 0. The van der Waals surface area contributed by atoms with Crippen LogP contribution in [0.1, 0.15) is 64.7 Å². The van der Waals surface area contributed by atoms with E-state index in [1.807, 2.05) is 18.2 Å². The number of hydrogen-bond donors (Lipinski definition) is 4. The lowest BCUT2D eigenvalue weighted by molar-refractivity contribution is -0.121. The van der Waals surface area contributed by atoms with Gasteiger partial charge >= 0.3 is 0 Å². The van der Waals surface area contributed by atoms with Crippen molar-refractivity contribution in [1.29, 1.82) is 0 Å². The summed E-state index contributed by atoms with van der Waals surface area (Å²) in [4.78, 5) is 11.0. The van der Waals surface area contributed by atoms with Crippen molar-refractivity contribution in [3.63, 3.8) is 0 Å². The molecule has 26 heavy (non-hydrogen) atoms. The molecule has 0 saturated heterocycles. The molecule has 0 aromatic heterocycles. The Morgan fingerprint density at radius 2 is 1.92 bits per heavy atom. The maximum Gasteiger partial charge on any atom is 0.158 e.